The number of aromatic nitrogens is 3. The maximum atomic E-state index is 9.14. The molecule has 0 fully saturated rings. The summed E-state index contributed by atoms with van der Waals surface area (Å²) in [6.07, 6.45) is 3.46. The molecule has 0 aliphatic rings. The zero-order valence-electron chi connectivity index (χ0n) is 12.0. The normalized spacial score (nSPS) is 11.1. The van der Waals surface area contributed by atoms with Crippen molar-refractivity contribution in [3.8, 4) is 11.1 Å². The van der Waals surface area contributed by atoms with E-state index in [0.717, 1.165) is 40.7 Å². The van der Waals surface area contributed by atoms with Gasteiger partial charge in [0, 0.05) is 11.3 Å². The van der Waals surface area contributed by atoms with Crippen LogP contribution in [0.3, 0.4) is 0 Å². The summed E-state index contributed by atoms with van der Waals surface area (Å²) in [5.74, 6) is 0.480. The first-order valence-electron chi connectivity index (χ1n) is 7.06. The molecule has 5 nitrogen and oxygen atoms in total. The van der Waals surface area contributed by atoms with E-state index in [2.05, 4.69) is 23.1 Å². The fourth-order valence-corrected chi connectivity index (χ4v) is 2.58. The van der Waals surface area contributed by atoms with E-state index in [-0.39, 0.29) is 6.61 Å². The minimum absolute atomic E-state index is 0.0448. The van der Waals surface area contributed by atoms with Crippen LogP contribution in [-0.2, 0) is 13.0 Å². The van der Waals surface area contributed by atoms with Crippen LogP contribution in [0.2, 0.25) is 0 Å². The van der Waals surface area contributed by atoms with Crippen molar-refractivity contribution in [2.24, 2.45) is 0 Å². The standard InChI is InChI=1S/C16H18N4O/c1-2-3-13-8-14(12-6-4-11(9-21)5-7-12)15-16(17)18-10-19-20(13)15/h4-8,10,21H,2-3,9H2,1H3,(H2,17,18,19). The number of nitrogen functional groups attached to an aromatic ring is 1. The fraction of sp³-hybridized carbons (Fsp3) is 0.250. The summed E-state index contributed by atoms with van der Waals surface area (Å²) in [4.78, 5) is 4.11. The molecule has 0 bridgehead atoms. The quantitative estimate of drug-likeness (QED) is 0.770. The van der Waals surface area contributed by atoms with E-state index in [0.29, 0.717) is 5.82 Å². The van der Waals surface area contributed by atoms with Crippen LogP contribution in [-0.4, -0.2) is 19.7 Å². The largest absolute Gasteiger partial charge is 0.392 e. The third-order valence-corrected chi connectivity index (χ3v) is 3.61. The van der Waals surface area contributed by atoms with Crippen LogP contribution in [0, 0.1) is 0 Å². The average Bonchev–Trinajstić information content (AvgIpc) is 2.88. The molecule has 1 aromatic carbocycles. The lowest BCUT2D eigenvalue weighted by Gasteiger charge is -2.04. The number of nitrogens with zero attached hydrogens (tertiary/aromatic N) is 3. The van der Waals surface area contributed by atoms with Crippen molar-refractivity contribution in [3.63, 3.8) is 0 Å². The maximum Gasteiger partial charge on any atom is 0.151 e. The van der Waals surface area contributed by atoms with Crippen LogP contribution in [0.25, 0.3) is 16.6 Å². The smallest absolute Gasteiger partial charge is 0.151 e. The molecule has 3 rings (SSSR count). The molecule has 108 valence electrons. The molecule has 0 unspecified atom stereocenters. The molecule has 21 heavy (non-hydrogen) atoms. The van der Waals surface area contributed by atoms with Gasteiger partial charge in [0.25, 0.3) is 0 Å². The summed E-state index contributed by atoms with van der Waals surface area (Å²) >= 11 is 0. The molecule has 0 saturated carbocycles. The van der Waals surface area contributed by atoms with Crippen molar-refractivity contribution in [2.75, 3.05) is 5.73 Å². The summed E-state index contributed by atoms with van der Waals surface area (Å²) in [6, 6.07) is 9.93. The first-order chi connectivity index (χ1) is 10.2. The lowest BCUT2D eigenvalue weighted by atomic mass is 10.0. The van der Waals surface area contributed by atoms with Gasteiger partial charge in [-0.05, 0) is 23.6 Å². The average molecular weight is 282 g/mol. The second-order valence-corrected chi connectivity index (χ2v) is 5.06. The molecular weight excluding hydrogens is 264 g/mol. The Hall–Kier alpha value is -2.40. The van der Waals surface area contributed by atoms with Crippen molar-refractivity contribution in [1.82, 2.24) is 14.6 Å². The van der Waals surface area contributed by atoms with Gasteiger partial charge in [-0.3, -0.25) is 0 Å². The van der Waals surface area contributed by atoms with Crippen LogP contribution >= 0.6 is 0 Å². The highest BCUT2D eigenvalue weighted by Crippen LogP contribution is 2.30. The first-order valence-corrected chi connectivity index (χ1v) is 7.06. The Balaban J connectivity index is 2.21. The summed E-state index contributed by atoms with van der Waals surface area (Å²) in [5, 5.41) is 13.5. The molecule has 2 heterocycles. The third kappa shape index (κ3) is 2.36. The fourth-order valence-electron chi connectivity index (χ4n) is 2.58. The van der Waals surface area contributed by atoms with Crippen LogP contribution in [0.5, 0.6) is 0 Å². The van der Waals surface area contributed by atoms with E-state index in [4.69, 9.17) is 10.8 Å². The number of fused-ring (bicyclic) bond motifs is 1. The highest BCUT2D eigenvalue weighted by Gasteiger charge is 2.14. The lowest BCUT2D eigenvalue weighted by molar-refractivity contribution is 0.282. The number of aliphatic hydroxyl groups excluding tert-OH is 1. The van der Waals surface area contributed by atoms with Crippen LogP contribution in [0.1, 0.15) is 24.6 Å². The van der Waals surface area contributed by atoms with Gasteiger partial charge < -0.3 is 10.8 Å². The zero-order chi connectivity index (χ0) is 14.8. The van der Waals surface area contributed by atoms with Crippen molar-refractivity contribution in [2.45, 2.75) is 26.4 Å². The first kappa shape index (κ1) is 13.6. The molecular formula is C16H18N4O. The van der Waals surface area contributed by atoms with Crippen LogP contribution in [0.15, 0.2) is 36.7 Å². The Morgan fingerprint density at radius 2 is 2.00 bits per heavy atom. The van der Waals surface area contributed by atoms with Crippen molar-refractivity contribution >= 4 is 11.3 Å². The Morgan fingerprint density at radius 1 is 1.24 bits per heavy atom. The summed E-state index contributed by atoms with van der Waals surface area (Å²) < 4.78 is 1.88. The molecule has 3 aromatic rings. The van der Waals surface area contributed by atoms with Gasteiger partial charge in [0.2, 0.25) is 0 Å². The third-order valence-electron chi connectivity index (χ3n) is 3.61. The molecule has 5 heteroatoms. The van der Waals surface area contributed by atoms with Gasteiger partial charge in [-0.25, -0.2) is 9.50 Å². The molecule has 0 spiro atoms. The molecule has 2 aromatic heterocycles. The number of benzene rings is 1. The van der Waals surface area contributed by atoms with E-state index in [1.54, 1.807) is 0 Å². The van der Waals surface area contributed by atoms with Gasteiger partial charge in [-0.1, -0.05) is 37.6 Å². The molecule has 0 saturated heterocycles. The Labute approximate surface area is 123 Å². The highest BCUT2D eigenvalue weighted by atomic mass is 16.3. The zero-order valence-corrected chi connectivity index (χ0v) is 12.0. The Bertz CT molecular complexity index is 762. The number of anilines is 1. The minimum Gasteiger partial charge on any atom is -0.392 e. The topological polar surface area (TPSA) is 76.4 Å². The van der Waals surface area contributed by atoms with Gasteiger partial charge >= 0.3 is 0 Å². The molecule has 0 aliphatic heterocycles. The monoisotopic (exact) mass is 282 g/mol. The van der Waals surface area contributed by atoms with Gasteiger partial charge in [-0.15, -0.1) is 0 Å². The lowest BCUT2D eigenvalue weighted by Crippen LogP contribution is -2.02. The Kier molecular flexibility index (Phi) is 3.58. The van der Waals surface area contributed by atoms with Crippen molar-refractivity contribution < 1.29 is 5.11 Å². The molecule has 0 amide bonds. The van der Waals surface area contributed by atoms with E-state index < -0.39 is 0 Å². The molecule has 3 N–H and O–H groups in total. The number of nitrogens with two attached hydrogens (primary N) is 1. The van der Waals surface area contributed by atoms with Crippen molar-refractivity contribution in [3.05, 3.63) is 47.9 Å². The SMILES string of the molecule is CCCc1cc(-c2ccc(CO)cc2)c2c(N)ncnn12. The van der Waals surface area contributed by atoms with Gasteiger partial charge in [0.15, 0.2) is 5.82 Å². The number of aryl methyl sites for hydroxylation is 1. The second-order valence-electron chi connectivity index (χ2n) is 5.06. The maximum absolute atomic E-state index is 9.14. The summed E-state index contributed by atoms with van der Waals surface area (Å²) in [5.41, 5.74) is 11.0. The van der Waals surface area contributed by atoms with Crippen LogP contribution in [0.4, 0.5) is 5.82 Å². The predicted molar refractivity (Wildman–Crippen MR) is 82.8 cm³/mol. The number of aliphatic hydroxyl groups is 1. The van der Waals surface area contributed by atoms with Gasteiger partial charge in [0.05, 0.1) is 6.61 Å². The number of rotatable bonds is 4. The molecule has 0 atom stereocenters. The van der Waals surface area contributed by atoms with E-state index in [9.17, 15) is 0 Å². The van der Waals surface area contributed by atoms with Gasteiger partial charge in [0.1, 0.15) is 11.8 Å². The second kappa shape index (κ2) is 5.54. The molecule has 0 aliphatic carbocycles. The van der Waals surface area contributed by atoms with E-state index >= 15 is 0 Å². The predicted octanol–water partition coefficient (Wildman–Crippen LogP) is 2.42. The highest BCUT2D eigenvalue weighted by molar-refractivity contribution is 5.88. The minimum atomic E-state index is 0.0448. The van der Waals surface area contributed by atoms with Gasteiger partial charge in [-0.2, -0.15) is 5.10 Å². The summed E-state index contributed by atoms with van der Waals surface area (Å²) in [6.45, 7) is 2.18. The van der Waals surface area contributed by atoms with Crippen molar-refractivity contribution in [1.29, 1.82) is 0 Å². The van der Waals surface area contributed by atoms with E-state index in [1.165, 1.54) is 6.33 Å². The molecule has 0 radical (unpaired) electrons. The number of hydrogen-bond donors (Lipinski definition) is 2. The number of hydrogen-bond acceptors (Lipinski definition) is 4. The van der Waals surface area contributed by atoms with E-state index in [1.807, 2.05) is 28.8 Å². The van der Waals surface area contributed by atoms with Crippen LogP contribution < -0.4 is 5.73 Å². The summed E-state index contributed by atoms with van der Waals surface area (Å²) in [7, 11) is 0. The Morgan fingerprint density at radius 3 is 2.67 bits per heavy atom.